The summed E-state index contributed by atoms with van der Waals surface area (Å²) < 4.78 is 10.3. The summed E-state index contributed by atoms with van der Waals surface area (Å²) in [6, 6.07) is 0.965. The van der Waals surface area contributed by atoms with Crippen molar-refractivity contribution in [3.63, 3.8) is 0 Å². The summed E-state index contributed by atoms with van der Waals surface area (Å²) >= 11 is 0. The highest BCUT2D eigenvalue weighted by molar-refractivity contribution is 5.82. The van der Waals surface area contributed by atoms with Crippen molar-refractivity contribution in [3.05, 3.63) is 18.0 Å². The molecule has 0 radical (unpaired) electrons. The number of alkyl carbamates (subject to hydrolysis) is 1. The van der Waals surface area contributed by atoms with Gasteiger partial charge in [0.2, 0.25) is 5.95 Å². The molecule has 1 heterocycles. The number of hydrogen-bond donors (Lipinski definition) is 3. The van der Waals surface area contributed by atoms with Crippen LogP contribution in [0.4, 0.5) is 10.7 Å². The molecule has 9 nitrogen and oxygen atoms in total. The van der Waals surface area contributed by atoms with Crippen LogP contribution in [0.25, 0.3) is 0 Å². The van der Waals surface area contributed by atoms with E-state index in [4.69, 9.17) is 15.2 Å². The number of nitrogens with zero attached hydrogens (tertiary/aromatic N) is 2. The first-order valence-electron chi connectivity index (χ1n) is 10.0. The van der Waals surface area contributed by atoms with Crippen LogP contribution in [0.2, 0.25) is 0 Å². The fourth-order valence-electron chi connectivity index (χ4n) is 3.50. The summed E-state index contributed by atoms with van der Waals surface area (Å²) in [6.45, 7) is 13.9. The Morgan fingerprint density at radius 1 is 1.17 bits per heavy atom. The van der Waals surface area contributed by atoms with E-state index in [1.54, 1.807) is 27.0 Å². The lowest BCUT2D eigenvalue weighted by molar-refractivity contribution is -0.146. The molecule has 9 heteroatoms. The molecule has 1 aromatic rings. The van der Waals surface area contributed by atoms with Gasteiger partial charge in [-0.1, -0.05) is 13.8 Å². The minimum absolute atomic E-state index is 0.252. The fraction of sp³-hybridized carbons (Fsp3) is 0.714. The van der Waals surface area contributed by atoms with Gasteiger partial charge < -0.3 is 25.8 Å². The van der Waals surface area contributed by atoms with E-state index in [2.05, 4.69) is 20.6 Å². The molecule has 0 aliphatic rings. The number of carbonyl (C=O) groups is 2. The molecule has 1 atom stereocenters. The monoisotopic (exact) mass is 423 g/mol. The van der Waals surface area contributed by atoms with Crippen molar-refractivity contribution in [2.24, 2.45) is 5.41 Å². The molecular weight excluding hydrogens is 386 g/mol. The first-order chi connectivity index (χ1) is 13.6. The molecule has 170 valence electrons. The minimum Gasteiger partial charge on any atom is -0.467 e. The summed E-state index contributed by atoms with van der Waals surface area (Å²) in [6.07, 6.45) is 2.25. The van der Waals surface area contributed by atoms with Crippen LogP contribution >= 0.6 is 0 Å². The van der Waals surface area contributed by atoms with Gasteiger partial charge in [0.05, 0.1) is 7.11 Å². The van der Waals surface area contributed by atoms with Gasteiger partial charge >= 0.3 is 12.1 Å². The predicted molar refractivity (Wildman–Crippen MR) is 116 cm³/mol. The predicted octanol–water partition coefficient (Wildman–Crippen LogP) is 2.45. The molecular formula is C21H37N5O4. The lowest BCUT2D eigenvalue weighted by atomic mass is 9.74. The van der Waals surface area contributed by atoms with Gasteiger partial charge in [-0.25, -0.2) is 19.6 Å². The maximum atomic E-state index is 12.4. The van der Waals surface area contributed by atoms with Crippen LogP contribution in [-0.2, 0) is 20.7 Å². The van der Waals surface area contributed by atoms with Crippen molar-refractivity contribution < 1.29 is 19.1 Å². The summed E-state index contributed by atoms with van der Waals surface area (Å²) in [4.78, 5) is 32.8. The van der Waals surface area contributed by atoms with Gasteiger partial charge in [-0.05, 0) is 52.5 Å². The number of carbonyl (C=O) groups excluding carboxylic acids is 2. The number of nitrogens with two attached hydrogens (primary N) is 1. The van der Waals surface area contributed by atoms with Gasteiger partial charge in [0.15, 0.2) is 0 Å². The Morgan fingerprint density at radius 2 is 1.80 bits per heavy atom. The van der Waals surface area contributed by atoms with Gasteiger partial charge in [-0.15, -0.1) is 0 Å². The van der Waals surface area contributed by atoms with Crippen molar-refractivity contribution in [3.8, 4) is 0 Å². The Labute approximate surface area is 179 Å². The standard InChI is InChI=1S/C21H37N5O4/c1-19(2,3)30-18(28)26-15(16(27)29-8)20(4,5)13-21(6,7)24-12-10-14-9-11-23-17(22)25-14/h9,11,15,24H,10,12-13H2,1-8H3,(H,26,28)(H2,22,23,25)/t15-/m1/s1. The maximum absolute atomic E-state index is 12.4. The van der Waals surface area contributed by atoms with Crippen molar-refractivity contribution in [1.29, 1.82) is 0 Å². The summed E-state index contributed by atoms with van der Waals surface area (Å²) in [7, 11) is 1.30. The third-order valence-electron chi connectivity index (χ3n) is 4.49. The van der Waals surface area contributed by atoms with Gasteiger partial charge in [-0.2, -0.15) is 0 Å². The van der Waals surface area contributed by atoms with Crippen LogP contribution in [-0.4, -0.2) is 52.9 Å². The highest BCUT2D eigenvalue weighted by Crippen LogP contribution is 2.32. The lowest BCUT2D eigenvalue weighted by Crippen LogP contribution is -2.55. The topological polar surface area (TPSA) is 128 Å². The number of hydrogen-bond acceptors (Lipinski definition) is 8. The minimum atomic E-state index is -0.861. The molecule has 0 bridgehead atoms. The number of aromatic nitrogens is 2. The van der Waals surface area contributed by atoms with Gasteiger partial charge in [-0.3, -0.25) is 0 Å². The zero-order valence-corrected chi connectivity index (χ0v) is 19.5. The van der Waals surface area contributed by atoms with Crippen LogP contribution in [0.3, 0.4) is 0 Å². The Bertz CT molecular complexity index is 728. The Balaban J connectivity index is 2.79. The molecule has 0 aromatic carbocycles. The average molecular weight is 424 g/mol. The Hall–Kier alpha value is -2.42. The highest BCUT2D eigenvalue weighted by atomic mass is 16.6. The number of methoxy groups -OCH3 is 1. The second kappa shape index (κ2) is 10.1. The van der Waals surface area contributed by atoms with Crippen LogP contribution in [0.15, 0.2) is 12.3 Å². The quantitative estimate of drug-likeness (QED) is 0.517. The zero-order valence-electron chi connectivity index (χ0n) is 19.5. The Morgan fingerprint density at radius 3 is 2.33 bits per heavy atom. The van der Waals surface area contributed by atoms with Crippen molar-refractivity contribution in [2.75, 3.05) is 19.4 Å². The fourth-order valence-corrected chi connectivity index (χ4v) is 3.50. The number of rotatable bonds is 9. The normalized spacial score (nSPS) is 13.5. The third-order valence-corrected chi connectivity index (χ3v) is 4.49. The summed E-state index contributed by atoms with van der Waals surface area (Å²) in [5.41, 5.74) is 4.86. The molecule has 0 aliphatic heterocycles. The first kappa shape index (κ1) is 25.6. The molecule has 0 fully saturated rings. The van der Waals surface area contributed by atoms with E-state index in [9.17, 15) is 9.59 Å². The van der Waals surface area contributed by atoms with Gasteiger partial charge in [0.25, 0.3) is 0 Å². The highest BCUT2D eigenvalue weighted by Gasteiger charge is 2.41. The van der Waals surface area contributed by atoms with E-state index >= 15 is 0 Å². The molecule has 30 heavy (non-hydrogen) atoms. The van der Waals surface area contributed by atoms with Gasteiger partial charge in [0, 0.05) is 30.4 Å². The molecule has 1 rings (SSSR count). The first-order valence-corrected chi connectivity index (χ1v) is 10.0. The smallest absolute Gasteiger partial charge is 0.408 e. The summed E-state index contributed by atoms with van der Waals surface area (Å²) in [5, 5.41) is 6.17. The number of nitrogens with one attached hydrogen (secondary N) is 2. The van der Waals surface area contributed by atoms with Crippen LogP contribution in [0.1, 0.15) is 60.6 Å². The second-order valence-corrected chi connectivity index (χ2v) is 9.73. The molecule has 0 saturated carbocycles. The number of amides is 1. The van der Waals surface area contributed by atoms with Gasteiger partial charge in [0.1, 0.15) is 11.6 Å². The van der Waals surface area contributed by atoms with Crippen LogP contribution < -0.4 is 16.4 Å². The van der Waals surface area contributed by atoms with E-state index in [-0.39, 0.29) is 11.5 Å². The molecule has 4 N–H and O–H groups in total. The van der Waals surface area contributed by atoms with E-state index < -0.39 is 29.1 Å². The maximum Gasteiger partial charge on any atom is 0.408 e. The molecule has 1 aromatic heterocycles. The van der Waals surface area contributed by atoms with Crippen LogP contribution in [0, 0.1) is 5.41 Å². The molecule has 0 spiro atoms. The number of anilines is 1. The number of ether oxygens (including phenoxy) is 2. The van der Waals surface area contributed by atoms with Crippen molar-refractivity contribution in [1.82, 2.24) is 20.6 Å². The number of esters is 1. The molecule has 1 amide bonds. The summed E-state index contributed by atoms with van der Waals surface area (Å²) in [5.74, 6) is -0.264. The van der Waals surface area contributed by atoms with E-state index in [0.29, 0.717) is 19.4 Å². The third kappa shape index (κ3) is 8.94. The van der Waals surface area contributed by atoms with Crippen molar-refractivity contribution in [2.45, 2.75) is 78.5 Å². The number of nitrogen functional groups attached to an aromatic ring is 1. The molecule has 0 saturated heterocycles. The Kier molecular flexibility index (Phi) is 8.59. The van der Waals surface area contributed by atoms with E-state index in [0.717, 1.165) is 5.69 Å². The average Bonchev–Trinajstić information content (AvgIpc) is 2.56. The van der Waals surface area contributed by atoms with Crippen LogP contribution in [0.5, 0.6) is 0 Å². The molecule has 0 unspecified atom stereocenters. The largest absolute Gasteiger partial charge is 0.467 e. The van der Waals surface area contributed by atoms with Crippen molar-refractivity contribution >= 4 is 18.0 Å². The molecule has 0 aliphatic carbocycles. The zero-order chi connectivity index (χ0) is 23.2. The second-order valence-electron chi connectivity index (χ2n) is 9.73. The SMILES string of the molecule is COC(=O)[C@@H](NC(=O)OC(C)(C)C)C(C)(C)CC(C)(C)NCCc1ccnc(N)n1. The van der Waals surface area contributed by atoms with E-state index in [1.165, 1.54) is 7.11 Å². The lowest BCUT2D eigenvalue weighted by Gasteiger charge is -2.40. The van der Waals surface area contributed by atoms with E-state index in [1.807, 2.05) is 33.8 Å².